The maximum absolute atomic E-state index is 11.7. The van der Waals surface area contributed by atoms with Gasteiger partial charge in [0, 0.05) is 31.2 Å². The molecule has 0 saturated heterocycles. The smallest absolute Gasteiger partial charge is 0.251 e. The van der Waals surface area contributed by atoms with Crippen molar-refractivity contribution in [2.75, 3.05) is 20.6 Å². The molecule has 6 nitrogen and oxygen atoms in total. The minimum atomic E-state index is -0.104. The molecule has 0 aliphatic carbocycles. The van der Waals surface area contributed by atoms with Crippen molar-refractivity contribution in [2.45, 2.75) is 19.6 Å². The average Bonchev–Trinajstić information content (AvgIpc) is 2.69. The first kappa shape index (κ1) is 24.0. The summed E-state index contributed by atoms with van der Waals surface area (Å²) in [6, 6.07) is 14.7. The molecule has 0 radical (unpaired) electrons. The Labute approximate surface area is 188 Å². The van der Waals surface area contributed by atoms with Gasteiger partial charge in [0.2, 0.25) is 0 Å². The summed E-state index contributed by atoms with van der Waals surface area (Å²) in [5.74, 6) is 1.32. The van der Waals surface area contributed by atoms with Gasteiger partial charge in [-0.3, -0.25) is 9.79 Å². The number of aliphatic imine (C=N–C) groups is 1. The van der Waals surface area contributed by atoms with E-state index in [0.717, 1.165) is 11.3 Å². The van der Waals surface area contributed by atoms with Crippen LogP contribution in [0.3, 0.4) is 0 Å². The molecule has 8 heteroatoms. The van der Waals surface area contributed by atoms with Crippen LogP contribution in [-0.4, -0.2) is 38.6 Å². The Bertz CT molecular complexity index is 784. The Balaban J connectivity index is 0.00000392. The van der Waals surface area contributed by atoms with E-state index in [1.54, 1.807) is 32.3 Å². The van der Waals surface area contributed by atoms with Crippen LogP contribution in [0.5, 0.6) is 5.75 Å². The fraction of sp³-hybridized carbons (Fsp3) is 0.300. The molecule has 0 aliphatic rings. The first-order valence-electron chi connectivity index (χ1n) is 8.69. The first-order chi connectivity index (χ1) is 13.0. The highest BCUT2D eigenvalue weighted by atomic mass is 127. The Kier molecular flexibility index (Phi) is 10.7. The lowest BCUT2D eigenvalue weighted by molar-refractivity contribution is 0.0963. The molecule has 0 heterocycles. The summed E-state index contributed by atoms with van der Waals surface area (Å²) in [6.45, 7) is 3.11. The molecular formula is C20H26ClIN4O2. The van der Waals surface area contributed by atoms with Gasteiger partial charge in [-0.1, -0.05) is 23.7 Å². The van der Waals surface area contributed by atoms with Crippen molar-refractivity contribution in [2.24, 2.45) is 4.99 Å². The van der Waals surface area contributed by atoms with Gasteiger partial charge in [0.15, 0.2) is 5.96 Å². The number of hydrogen-bond acceptors (Lipinski definition) is 3. The molecule has 28 heavy (non-hydrogen) atoms. The van der Waals surface area contributed by atoms with Gasteiger partial charge in [-0.25, -0.2) is 0 Å². The van der Waals surface area contributed by atoms with Crippen LogP contribution in [0.4, 0.5) is 0 Å². The van der Waals surface area contributed by atoms with E-state index in [4.69, 9.17) is 16.3 Å². The summed E-state index contributed by atoms with van der Waals surface area (Å²) in [4.78, 5) is 15.9. The van der Waals surface area contributed by atoms with Crippen LogP contribution < -0.4 is 20.7 Å². The van der Waals surface area contributed by atoms with E-state index in [9.17, 15) is 4.79 Å². The lowest BCUT2D eigenvalue weighted by atomic mass is 10.1. The molecule has 0 saturated carbocycles. The fourth-order valence-electron chi connectivity index (χ4n) is 2.40. The molecule has 1 unspecified atom stereocenters. The number of carbonyl (C=O) groups is 1. The third-order valence-corrected chi connectivity index (χ3v) is 4.06. The van der Waals surface area contributed by atoms with Crippen LogP contribution in [0.2, 0.25) is 5.02 Å². The highest BCUT2D eigenvalue weighted by Gasteiger charge is 2.07. The topological polar surface area (TPSA) is 74.8 Å². The van der Waals surface area contributed by atoms with Crippen molar-refractivity contribution >= 4 is 47.4 Å². The predicted octanol–water partition coefficient (Wildman–Crippen LogP) is 3.45. The number of ether oxygens (including phenoxy) is 1. The quantitative estimate of drug-likeness (QED) is 0.299. The van der Waals surface area contributed by atoms with Crippen LogP contribution in [-0.2, 0) is 6.54 Å². The van der Waals surface area contributed by atoms with Crippen LogP contribution in [0.15, 0.2) is 53.5 Å². The van der Waals surface area contributed by atoms with Gasteiger partial charge in [0.1, 0.15) is 11.9 Å². The molecule has 152 valence electrons. The predicted molar refractivity (Wildman–Crippen MR) is 125 cm³/mol. The fourth-order valence-corrected chi connectivity index (χ4v) is 2.53. The Morgan fingerprint density at radius 1 is 1.18 bits per heavy atom. The number of nitrogens with zero attached hydrogens (tertiary/aromatic N) is 1. The molecule has 2 aromatic rings. The van der Waals surface area contributed by atoms with Gasteiger partial charge in [-0.2, -0.15) is 0 Å². The summed E-state index contributed by atoms with van der Waals surface area (Å²) in [7, 11) is 3.33. The molecule has 2 rings (SSSR count). The van der Waals surface area contributed by atoms with Crippen molar-refractivity contribution in [3.05, 3.63) is 64.7 Å². The molecule has 0 aliphatic heterocycles. The van der Waals surface area contributed by atoms with E-state index < -0.39 is 0 Å². The number of nitrogens with one attached hydrogen (secondary N) is 3. The molecule has 3 N–H and O–H groups in total. The van der Waals surface area contributed by atoms with Crippen molar-refractivity contribution < 1.29 is 9.53 Å². The van der Waals surface area contributed by atoms with E-state index in [2.05, 4.69) is 20.9 Å². The molecule has 0 bridgehead atoms. The van der Waals surface area contributed by atoms with E-state index in [0.29, 0.717) is 29.6 Å². The van der Waals surface area contributed by atoms with Gasteiger partial charge in [-0.05, 0) is 48.9 Å². The number of carbonyl (C=O) groups excluding carboxylic acids is 1. The zero-order valence-corrected chi connectivity index (χ0v) is 19.2. The monoisotopic (exact) mass is 516 g/mol. The van der Waals surface area contributed by atoms with E-state index in [-0.39, 0.29) is 36.0 Å². The normalized spacial score (nSPS) is 11.8. The Morgan fingerprint density at radius 3 is 2.54 bits per heavy atom. The second-order valence-electron chi connectivity index (χ2n) is 5.97. The standard InChI is InChI=1S/C20H25ClN4O2.HI/c1-14(27-18-9-7-17(21)8-10-18)12-24-20(23-3)25-13-15-5-4-6-16(11-15)19(26)22-2;/h4-11,14H,12-13H2,1-3H3,(H,22,26)(H2,23,24,25);1H. The first-order valence-corrected chi connectivity index (χ1v) is 9.07. The van der Waals surface area contributed by atoms with Crippen LogP contribution in [0, 0.1) is 0 Å². The number of halogens is 2. The maximum Gasteiger partial charge on any atom is 0.251 e. The summed E-state index contributed by atoms with van der Waals surface area (Å²) < 4.78 is 5.83. The van der Waals surface area contributed by atoms with Crippen LogP contribution in [0.1, 0.15) is 22.8 Å². The van der Waals surface area contributed by atoms with Gasteiger partial charge < -0.3 is 20.7 Å². The highest BCUT2D eigenvalue weighted by Crippen LogP contribution is 2.16. The summed E-state index contributed by atoms with van der Waals surface area (Å²) in [5, 5.41) is 9.76. The van der Waals surface area contributed by atoms with Gasteiger partial charge in [0.05, 0.1) is 6.54 Å². The molecule has 1 atom stereocenters. The van der Waals surface area contributed by atoms with Gasteiger partial charge in [0.25, 0.3) is 5.91 Å². The Hall–Kier alpha value is -2.00. The van der Waals surface area contributed by atoms with Crippen LogP contribution >= 0.6 is 35.6 Å². The van der Waals surface area contributed by atoms with E-state index in [1.165, 1.54) is 0 Å². The van der Waals surface area contributed by atoms with Crippen molar-refractivity contribution in [3.63, 3.8) is 0 Å². The van der Waals surface area contributed by atoms with Gasteiger partial charge in [-0.15, -0.1) is 24.0 Å². The minimum Gasteiger partial charge on any atom is -0.489 e. The molecule has 0 fully saturated rings. The van der Waals surface area contributed by atoms with Crippen LogP contribution in [0.25, 0.3) is 0 Å². The molecular weight excluding hydrogens is 491 g/mol. The Morgan fingerprint density at radius 2 is 1.89 bits per heavy atom. The third-order valence-electron chi connectivity index (χ3n) is 3.81. The van der Waals surface area contributed by atoms with E-state index >= 15 is 0 Å². The molecule has 2 aromatic carbocycles. The minimum absolute atomic E-state index is 0. The number of amides is 1. The third kappa shape index (κ3) is 7.93. The zero-order valence-electron chi connectivity index (χ0n) is 16.2. The largest absolute Gasteiger partial charge is 0.489 e. The number of guanidine groups is 1. The lowest BCUT2D eigenvalue weighted by Crippen LogP contribution is -2.41. The van der Waals surface area contributed by atoms with E-state index in [1.807, 2.05) is 37.3 Å². The van der Waals surface area contributed by atoms with Gasteiger partial charge >= 0.3 is 0 Å². The number of hydrogen-bond donors (Lipinski definition) is 3. The highest BCUT2D eigenvalue weighted by molar-refractivity contribution is 14.0. The summed E-state index contributed by atoms with van der Waals surface area (Å²) >= 11 is 5.88. The number of benzene rings is 2. The average molecular weight is 517 g/mol. The van der Waals surface area contributed by atoms with Crippen molar-refractivity contribution in [1.82, 2.24) is 16.0 Å². The maximum atomic E-state index is 11.7. The summed E-state index contributed by atoms with van der Waals surface area (Å²) in [5.41, 5.74) is 1.62. The molecule has 0 aromatic heterocycles. The van der Waals surface area contributed by atoms with Crippen molar-refractivity contribution in [1.29, 1.82) is 0 Å². The molecule has 0 spiro atoms. The number of rotatable bonds is 7. The lowest BCUT2D eigenvalue weighted by Gasteiger charge is -2.18. The second-order valence-corrected chi connectivity index (χ2v) is 6.40. The van der Waals surface area contributed by atoms with Crippen molar-refractivity contribution in [3.8, 4) is 5.75 Å². The zero-order chi connectivity index (χ0) is 19.6. The SMILES string of the molecule is CN=C(NCc1cccc(C(=O)NC)c1)NCC(C)Oc1ccc(Cl)cc1.I. The summed E-state index contributed by atoms with van der Waals surface area (Å²) in [6.07, 6.45) is -0.0543. The molecule has 1 amide bonds. The second kappa shape index (κ2) is 12.5.